The van der Waals surface area contributed by atoms with Crippen molar-refractivity contribution in [3.63, 3.8) is 0 Å². The van der Waals surface area contributed by atoms with Crippen molar-refractivity contribution >= 4 is 0 Å². The van der Waals surface area contributed by atoms with Crippen molar-refractivity contribution in [1.82, 2.24) is 10.3 Å². The maximum atomic E-state index is 5.52. The minimum atomic E-state index is 0.702. The van der Waals surface area contributed by atoms with Gasteiger partial charge in [0.15, 0.2) is 0 Å². The summed E-state index contributed by atoms with van der Waals surface area (Å²) in [6.45, 7) is 7.28. The lowest BCUT2D eigenvalue weighted by molar-refractivity contribution is 0.146. The van der Waals surface area contributed by atoms with E-state index in [1.807, 2.05) is 6.92 Å². The predicted octanol–water partition coefficient (Wildman–Crippen LogP) is 1.75. The first-order valence-corrected chi connectivity index (χ1v) is 5.58. The smallest absolute Gasteiger partial charge is 0.208 e. The predicted molar refractivity (Wildman–Crippen MR) is 58.7 cm³/mol. The van der Waals surface area contributed by atoms with E-state index in [4.69, 9.17) is 9.15 Å². The molecule has 1 heterocycles. The van der Waals surface area contributed by atoms with E-state index in [2.05, 4.69) is 17.2 Å². The van der Waals surface area contributed by atoms with Crippen molar-refractivity contribution in [2.45, 2.75) is 33.2 Å². The number of hydrogen-bond donors (Lipinski definition) is 1. The van der Waals surface area contributed by atoms with Gasteiger partial charge in [-0.3, -0.25) is 0 Å². The summed E-state index contributed by atoms with van der Waals surface area (Å²) in [4.78, 5) is 4.18. The molecule has 86 valence electrons. The maximum absolute atomic E-state index is 5.52. The van der Waals surface area contributed by atoms with Gasteiger partial charge in [0.25, 0.3) is 0 Å². The van der Waals surface area contributed by atoms with Crippen molar-refractivity contribution in [3.05, 3.63) is 17.8 Å². The molecule has 1 rings (SSSR count). The van der Waals surface area contributed by atoms with Crippen LogP contribution in [0.1, 0.15) is 31.9 Å². The SMILES string of the molecule is CCCNCc1ncc(CCOCC)o1. The second kappa shape index (κ2) is 7.43. The molecule has 0 aliphatic heterocycles. The Morgan fingerprint density at radius 3 is 3.07 bits per heavy atom. The first-order chi connectivity index (χ1) is 7.36. The highest BCUT2D eigenvalue weighted by Gasteiger charge is 2.02. The molecule has 1 N–H and O–H groups in total. The molecule has 0 atom stereocenters. The van der Waals surface area contributed by atoms with Crippen LogP contribution in [0.15, 0.2) is 10.6 Å². The van der Waals surface area contributed by atoms with Gasteiger partial charge in [-0.2, -0.15) is 0 Å². The highest BCUT2D eigenvalue weighted by Crippen LogP contribution is 2.04. The Bertz CT molecular complexity index is 236. The fourth-order valence-corrected chi connectivity index (χ4v) is 1.23. The van der Waals surface area contributed by atoms with Crippen LogP contribution in [0.4, 0.5) is 0 Å². The number of oxazole rings is 1. The molecule has 0 spiro atoms. The molecular formula is C11H20N2O2. The fraction of sp³-hybridized carbons (Fsp3) is 0.727. The van der Waals surface area contributed by atoms with Crippen molar-refractivity contribution in [3.8, 4) is 0 Å². The summed E-state index contributed by atoms with van der Waals surface area (Å²) in [5.74, 6) is 1.66. The van der Waals surface area contributed by atoms with E-state index < -0.39 is 0 Å². The molecule has 0 bridgehead atoms. The van der Waals surface area contributed by atoms with Crippen molar-refractivity contribution in [2.24, 2.45) is 0 Å². The number of rotatable bonds is 8. The largest absolute Gasteiger partial charge is 0.444 e. The van der Waals surface area contributed by atoms with Gasteiger partial charge in [-0.15, -0.1) is 0 Å². The minimum Gasteiger partial charge on any atom is -0.444 e. The van der Waals surface area contributed by atoms with Crippen LogP contribution in [0.2, 0.25) is 0 Å². The normalized spacial score (nSPS) is 10.8. The van der Waals surface area contributed by atoms with E-state index in [9.17, 15) is 0 Å². The average molecular weight is 212 g/mol. The molecular weight excluding hydrogens is 192 g/mol. The minimum absolute atomic E-state index is 0.702. The summed E-state index contributed by atoms with van der Waals surface area (Å²) in [5.41, 5.74) is 0. The molecule has 1 aromatic heterocycles. The van der Waals surface area contributed by atoms with Crippen LogP contribution < -0.4 is 5.32 Å². The Balaban J connectivity index is 2.23. The molecule has 0 saturated carbocycles. The average Bonchev–Trinajstić information content (AvgIpc) is 2.67. The maximum Gasteiger partial charge on any atom is 0.208 e. The summed E-state index contributed by atoms with van der Waals surface area (Å²) < 4.78 is 10.8. The number of aromatic nitrogens is 1. The van der Waals surface area contributed by atoms with E-state index in [0.29, 0.717) is 13.2 Å². The molecule has 0 aliphatic rings. The summed E-state index contributed by atoms with van der Waals surface area (Å²) in [7, 11) is 0. The molecule has 15 heavy (non-hydrogen) atoms. The first kappa shape index (κ1) is 12.2. The number of hydrogen-bond acceptors (Lipinski definition) is 4. The third-order valence-electron chi connectivity index (χ3n) is 2.00. The second-order valence-electron chi connectivity index (χ2n) is 3.34. The molecule has 0 fully saturated rings. The van der Waals surface area contributed by atoms with Crippen molar-refractivity contribution in [1.29, 1.82) is 0 Å². The van der Waals surface area contributed by atoms with Crippen LogP contribution in [0.25, 0.3) is 0 Å². The van der Waals surface area contributed by atoms with Gasteiger partial charge >= 0.3 is 0 Å². The highest BCUT2D eigenvalue weighted by atomic mass is 16.5. The van der Waals surface area contributed by atoms with Crippen LogP contribution in [0, 0.1) is 0 Å². The summed E-state index contributed by atoms with van der Waals surface area (Å²) >= 11 is 0. The van der Waals surface area contributed by atoms with E-state index >= 15 is 0 Å². The van der Waals surface area contributed by atoms with Gasteiger partial charge in [0.2, 0.25) is 5.89 Å². The zero-order chi connectivity index (χ0) is 10.9. The van der Waals surface area contributed by atoms with Crippen molar-refractivity contribution < 1.29 is 9.15 Å². The third-order valence-corrected chi connectivity index (χ3v) is 2.00. The lowest BCUT2D eigenvalue weighted by Gasteiger charge is -1.98. The molecule has 4 nitrogen and oxygen atoms in total. The summed E-state index contributed by atoms with van der Waals surface area (Å²) in [6.07, 6.45) is 3.70. The van der Waals surface area contributed by atoms with Crippen LogP contribution in [0.3, 0.4) is 0 Å². The standard InChI is InChI=1S/C11H20N2O2/c1-3-6-12-9-11-13-8-10(15-11)5-7-14-4-2/h8,12H,3-7,9H2,1-2H3. The molecule has 0 saturated heterocycles. The molecule has 4 heteroatoms. The molecule has 0 aliphatic carbocycles. The molecule has 0 amide bonds. The number of nitrogens with one attached hydrogen (secondary N) is 1. The number of nitrogens with zero attached hydrogens (tertiary/aromatic N) is 1. The van der Waals surface area contributed by atoms with Gasteiger partial charge in [-0.25, -0.2) is 4.98 Å². The Morgan fingerprint density at radius 1 is 1.47 bits per heavy atom. The van der Waals surface area contributed by atoms with E-state index in [-0.39, 0.29) is 0 Å². The fourth-order valence-electron chi connectivity index (χ4n) is 1.23. The zero-order valence-corrected chi connectivity index (χ0v) is 9.58. The van der Waals surface area contributed by atoms with E-state index in [0.717, 1.165) is 37.6 Å². The molecule has 1 aromatic rings. The first-order valence-electron chi connectivity index (χ1n) is 5.58. The highest BCUT2D eigenvalue weighted by molar-refractivity contribution is 4.94. The zero-order valence-electron chi connectivity index (χ0n) is 9.58. The lowest BCUT2D eigenvalue weighted by atomic mass is 10.4. The monoisotopic (exact) mass is 212 g/mol. The van der Waals surface area contributed by atoms with E-state index in [1.165, 1.54) is 0 Å². The molecule has 0 radical (unpaired) electrons. The van der Waals surface area contributed by atoms with Gasteiger partial charge < -0.3 is 14.5 Å². The second-order valence-corrected chi connectivity index (χ2v) is 3.34. The Hall–Kier alpha value is -0.870. The van der Waals surface area contributed by atoms with Gasteiger partial charge in [0, 0.05) is 13.0 Å². The van der Waals surface area contributed by atoms with Gasteiger partial charge in [-0.1, -0.05) is 6.92 Å². The van der Waals surface area contributed by atoms with Crippen LogP contribution >= 0.6 is 0 Å². The molecule has 0 unspecified atom stereocenters. The van der Waals surface area contributed by atoms with Gasteiger partial charge in [0.05, 0.1) is 19.3 Å². The van der Waals surface area contributed by atoms with Gasteiger partial charge in [-0.05, 0) is 19.9 Å². The number of ether oxygens (including phenoxy) is 1. The topological polar surface area (TPSA) is 47.3 Å². The Morgan fingerprint density at radius 2 is 2.33 bits per heavy atom. The van der Waals surface area contributed by atoms with Crippen LogP contribution in [-0.4, -0.2) is 24.7 Å². The van der Waals surface area contributed by atoms with Gasteiger partial charge in [0.1, 0.15) is 5.76 Å². The van der Waals surface area contributed by atoms with Crippen LogP contribution in [0.5, 0.6) is 0 Å². The van der Waals surface area contributed by atoms with E-state index in [1.54, 1.807) is 6.20 Å². The summed E-state index contributed by atoms with van der Waals surface area (Å²) in [5, 5.41) is 3.24. The van der Waals surface area contributed by atoms with Crippen LogP contribution in [-0.2, 0) is 17.7 Å². The lowest BCUT2D eigenvalue weighted by Crippen LogP contribution is -2.13. The summed E-state index contributed by atoms with van der Waals surface area (Å²) in [6, 6.07) is 0. The Kier molecular flexibility index (Phi) is 6.04. The third kappa shape index (κ3) is 4.95. The quantitative estimate of drug-likeness (QED) is 0.667. The van der Waals surface area contributed by atoms with Crippen molar-refractivity contribution in [2.75, 3.05) is 19.8 Å². The Labute approximate surface area is 91.0 Å². The molecule has 0 aromatic carbocycles.